The third kappa shape index (κ3) is 1.80. The van der Waals surface area contributed by atoms with Gasteiger partial charge in [0.15, 0.2) is 0 Å². The molecule has 0 saturated carbocycles. The highest BCUT2D eigenvalue weighted by atomic mass is 28.3. The Balaban J connectivity index is 1.36. The third-order valence-electron chi connectivity index (χ3n) is 10.6. The van der Waals surface area contributed by atoms with E-state index in [0.29, 0.717) is 13.5 Å². The number of fused-ring (bicyclic) bond motifs is 1. The number of hydrogen-bond acceptors (Lipinski definition) is 7. The fourth-order valence-corrected chi connectivity index (χ4v) is 14.6. The van der Waals surface area contributed by atoms with Gasteiger partial charge in [0.1, 0.15) is 59.1 Å². The molecule has 4 aromatic carbocycles. The van der Waals surface area contributed by atoms with E-state index in [1.54, 1.807) is 0 Å². The van der Waals surface area contributed by atoms with Gasteiger partial charge in [0.25, 0.3) is 24.8 Å². The Labute approximate surface area is 239 Å². The molecule has 0 saturated heterocycles. The summed E-state index contributed by atoms with van der Waals surface area (Å²) in [7, 11) is -2.66. The summed E-state index contributed by atoms with van der Waals surface area (Å²) in [5.74, 6) is 5.00. The monoisotopic (exact) mass is 567 g/mol. The molecule has 1 aromatic heterocycles. The van der Waals surface area contributed by atoms with Gasteiger partial charge in [-0.25, -0.2) is 10.6 Å². The van der Waals surface area contributed by atoms with Crippen molar-refractivity contribution < 1.29 is 28.1 Å². The van der Waals surface area contributed by atoms with Crippen molar-refractivity contribution in [3.05, 3.63) is 95.6 Å². The summed E-state index contributed by atoms with van der Waals surface area (Å²) in [6, 6.07) is 21.0. The molecule has 0 amide bonds. The maximum atomic E-state index is 6.70. The Morgan fingerprint density at radius 3 is 1.64 bits per heavy atom. The molecule has 5 aromatic rings. The molecule has 7 aliphatic heterocycles. The van der Waals surface area contributed by atoms with Gasteiger partial charge < -0.3 is 18.9 Å². The lowest BCUT2D eigenvalue weighted by Gasteiger charge is -2.50. The first-order valence-electron chi connectivity index (χ1n) is 14.2. The first kappa shape index (κ1) is 21.0. The average Bonchev–Trinajstić information content (AvgIpc) is 3.30. The molecule has 42 heavy (non-hydrogen) atoms. The van der Waals surface area contributed by atoms with Crippen molar-refractivity contribution in [2.24, 2.45) is 0 Å². The van der Waals surface area contributed by atoms with Crippen LogP contribution in [0.3, 0.4) is 0 Å². The summed E-state index contributed by atoms with van der Waals surface area (Å²) in [6.45, 7) is 3.21. The van der Waals surface area contributed by atoms with Gasteiger partial charge in [-0.3, -0.25) is 0 Å². The van der Waals surface area contributed by atoms with Crippen LogP contribution in [0.2, 0.25) is 6.55 Å². The van der Waals surface area contributed by atoms with E-state index in [4.69, 9.17) is 23.9 Å². The highest BCUT2D eigenvalue weighted by molar-refractivity contribution is 7.12. The molecule has 0 bridgehead atoms. The maximum Gasteiger partial charge on any atom is 0.359 e. The smallest absolute Gasteiger partial charge is 0.359 e. The highest BCUT2D eigenvalue weighted by Crippen LogP contribution is 2.56. The molecule has 2 spiro atoms. The predicted molar refractivity (Wildman–Crippen MR) is 150 cm³/mol. The van der Waals surface area contributed by atoms with E-state index in [1.807, 2.05) is 49.1 Å². The zero-order valence-electron chi connectivity index (χ0n) is 22.3. The zero-order chi connectivity index (χ0) is 27.2. The van der Waals surface area contributed by atoms with Gasteiger partial charge in [-0.2, -0.15) is 0 Å². The molecule has 9 nitrogen and oxygen atoms in total. The third-order valence-corrected chi connectivity index (χ3v) is 15.0. The van der Waals surface area contributed by atoms with Crippen molar-refractivity contribution in [1.82, 2.24) is 15.6 Å². The molecule has 8 heterocycles. The fourth-order valence-electron chi connectivity index (χ4n) is 9.33. The molecular formula is C32H21N5O4Si+2. The van der Waals surface area contributed by atoms with Crippen LogP contribution in [0, 0.1) is 0 Å². The van der Waals surface area contributed by atoms with Gasteiger partial charge in [0.05, 0.1) is 16.1 Å². The minimum atomic E-state index is -2.66. The summed E-state index contributed by atoms with van der Waals surface area (Å²) in [5, 5.41) is 10.5. The minimum Gasteiger partial charge on any atom is -0.477 e. The molecule has 0 radical (unpaired) electrons. The topological polar surface area (TPSA) is 81.6 Å². The van der Waals surface area contributed by atoms with E-state index >= 15 is 0 Å². The Hall–Kier alpha value is -4.77. The minimum absolute atomic E-state index is 0.361. The van der Waals surface area contributed by atoms with Gasteiger partial charge in [-0.15, -0.1) is 9.13 Å². The van der Waals surface area contributed by atoms with Crippen molar-refractivity contribution in [3.63, 3.8) is 0 Å². The number of hydrogen-bond donors (Lipinski definition) is 2. The van der Waals surface area contributed by atoms with Gasteiger partial charge >= 0.3 is 12.7 Å². The second kappa shape index (κ2) is 6.19. The van der Waals surface area contributed by atoms with Crippen LogP contribution in [-0.2, 0) is 11.3 Å². The summed E-state index contributed by atoms with van der Waals surface area (Å²) in [5.41, 5.74) is 6.62. The van der Waals surface area contributed by atoms with Crippen LogP contribution < -0.4 is 54.5 Å². The van der Waals surface area contributed by atoms with E-state index in [0.717, 1.165) is 45.6 Å². The molecule has 2 atom stereocenters. The van der Waals surface area contributed by atoms with Gasteiger partial charge in [-0.05, 0) is 64.4 Å². The van der Waals surface area contributed by atoms with Gasteiger partial charge in [0.2, 0.25) is 0 Å². The lowest BCUT2D eigenvalue weighted by atomic mass is 9.83. The largest absolute Gasteiger partial charge is 0.477 e. The van der Waals surface area contributed by atoms with E-state index < -0.39 is 19.4 Å². The maximum absolute atomic E-state index is 6.70. The van der Waals surface area contributed by atoms with E-state index in [9.17, 15) is 0 Å². The Morgan fingerprint density at radius 2 is 1.12 bits per heavy atom. The molecule has 2 unspecified atom stereocenters. The standard InChI is InChI=1S/C32H21N5O4Si/c1-42-28-16-8-10-22-26(28)31(24-18(38-14-34-31)4-2-6-20(24)40-22)36-12-33-13-37(30(36)42)32-25-19(39-15-35-32)5-3-7-21(25)41-23-11-9-17(16)29(42)27(23)32/h2-13,34-35H,14-15H2,1H3/q+2. The summed E-state index contributed by atoms with van der Waals surface area (Å²) >= 11 is 0. The lowest BCUT2D eigenvalue weighted by Crippen LogP contribution is -2.98. The van der Waals surface area contributed by atoms with E-state index in [2.05, 4.69) is 50.6 Å². The van der Waals surface area contributed by atoms with Crippen LogP contribution >= 0.6 is 0 Å². The number of nitrogens with one attached hydrogen (secondary N) is 2. The van der Waals surface area contributed by atoms with E-state index in [1.165, 1.54) is 38.1 Å². The lowest BCUT2D eigenvalue weighted by molar-refractivity contribution is -0.852. The first-order chi connectivity index (χ1) is 20.7. The number of rotatable bonds is 0. The van der Waals surface area contributed by atoms with Crippen LogP contribution in [-0.4, -0.2) is 26.5 Å². The molecule has 10 heteroatoms. The van der Waals surface area contributed by atoms with Crippen LogP contribution in [0.4, 0.5) is 0 Å². The van der Waals surface area contributed by atoms with Crippen molar-refractivity contribution in [2.45, 2.75) is 17.9 Å². The molecule has 2 N–H and O–H groups in total. The Kier molecular flexibility index (Phi) is 3.10. The van der Waals surface area contributed by atoms with Crippen LogP contribution in [0.5, 0.6) is 34.5 Å². The Bertz CT molecular complexity index is 2070. The zero-order valence-corrected chi connectivity index (χ0v) is 23.3. The van der Waals surface area contributed by atoms with Crippen molar-refractivity contribution in [2.75, 3.05) is 13.5 Å². The number of aromatic nitrogens is 3. The normalized spacial score (nSPS) is 27.4. The molecular weight excluding hydrogens is 546 g/mol. The van der Waals surface area contributed by atoms with Crippen LogP contribution in [0.1, 0.15) is 22.3 Å². The summed E-state index contributed by atoms with van der Waals surface area (Å²) < 4.78 is 30.6. The number of nitrogens with zero attached hydrogens (tertiary/aromatic N) is 3. The average molecular weight is 568 g/mol. The molecule has 0 aliphatic carbocycles. The summed E-state index contributed by atoms with van der Waals surface area (Å²) in [6.07, 6.45) is 4.01. The van der Waals surface area contributed by atoms with Gasteiger partial charge in [0, 0.05) is 0 Å². The summed E-state index contributed by atoms with van der Waals surface area (Å²) in [4.78, 5) is 4.98. The fraction of sp³-hybridized carbons (Fsp3) is 0.156. The van der Waals surface area contributed by atoms with Crippen molar-refractivity contribution >= 4 is 23.9 Å². The molecule has 200 valence electrons. The second-order valence-electron chi connectivity index (χ2n) is 12.1. The van der Waals surface area contributed by atoms with Crippen molar-refractivity contribution in [3.8, 4) is 45.6 Å². The molecule has 12 rings (SSSR count). The highest BCUT2D eigenvalue weighted by Gasteiger charge is 2.74. The number of benzene rings is 4. The van der Waals surface area contributed by atoms with Crippen molar-refractivity contribution in [1.29, 1.82) is 0 Å². The number of ether oxygens (including phenoxy) is 4. The first-order valence-corrected chi connectivity index (χ1v) is 16.7. The molecule has 7 aliphatic rings. The predicted octanol–water partition coefficient (Wildman–Crippen LogP) is 0.953. The van der Waals surface area contributed by atoms with Crippen LogP contribution in [0.15, 0.2) is 73.3 Å². The SMILES string of the molecule is C[Si]12c3c4ccc5c3C3(NCOc6cccc(c63)O5)[n+]3cnc[n+](c31)C13NCOc5cccc(c51)Oc1ccc-4c2c13. The second-order valence-corrected chi connectivity index (χ2v) is 15.8. The van der Waals surface area contributed by atoms with Crippen LogP contribution in [0.25, 0.3) is 11.1 Å². The quantitative estimate of drug-likeness (QED) is 0.213. The van der Waals surface area contributed by atoms with E-state index in [-0.39, 0.29) is 0 Å². The van der Waals surface area contributed by atoms with Gasteiger partial charge in [-0.1, -0.05) is 24.3 Å². The molecule has 0 fully saturated rings. The Morgan fingerprint density at radius 1 is 0.643 bits per heavy atom.